The summed E-state index contributed by atoms with van der Waals surface area (Å²) >= 11 is 0. The Kier molecular flexibility index (Phi) is 4.97. The molecule has 1 atom stereocenters. The molecule has 4 heteroatoms. The number of piperidine rings is 1. The molecule has 1 aliphatic carbocycles. The van der Waals surface area contributed by atoms with E-state index in [1.165, 1.54) is 24.0 Å². The fourth-order valence-electron chi connectivity index (χ4n) is 3.44. The fraction of sp³-hybridized carbons (Fsp3) is 0.611. The number of amides is 1. The van der Waals surface area contributed by atoms with Gasteiger partial charge in [0.15, 0.2) is 0 Å². The zero-order valence-corrected chi connectivity index (χ0v) is 14.2. The minimum Gasteiger partial charge on any atom is -0.342 e. The van der Waals surface area contributed by atoms with Crippen molar-refractivity contribution in [3.8, 4) is 0 Å². The quantitative estimate of drug-likeness (QED) is 0.855. The number of nitrogens with zero attached hydrogens (tertiary/aromatic N) is 1. The molecule has 0 radical (unpaired) electrons. The Morgan fingerprint density at radius 1 is 1.23 bits per heavy atom. The second kappa shape index (κ2) is 6.95. The van der Waals surface area contributed by atoms with Gasteiger partial charge >= 0.3 is 0 Å². The van der Waals surface area contributed by atoms with Gasteiger partial charge in [-0.1, -0.05) is 25.1 Å². The predicted molar refractivity (Wildman–Crippen MR) is 90.2 cm³/mol. The summed E-state index contributed by atoms with van der Waals surface area (Å²) < 4.78 is 12.3. The fourth-order valence-corrected chi connectivity index (χ4v) is 4.55. The average molecular weight is 319 g/mol. The van der Waals surface area contributed by atoms with E-state index in [4.69, 9.17) is 0 Å². The van der Waals surface area contributed by atoms with E-state index < -0.39 is 10.8 Å². The summed E-state index contributed by atoms with van der Waals surface area (Å²) in [5, 5.41) is 0. The van der Waals surface area contributed by atoms with Crippen LogP contribution in [0.3, 0.4) is 0 Å². The molecule has 1 aliphatic heterocycles. The molecular formula is C18H25NO2S. The summed E-state index contributed by atoms with van der Waals surface area (Å²) in [7, 11) is -1.10. The number of aryl methyl sites for hydroxylation is 2. The Balaban J connectivity index is 1.53. The molecule has 0 N–H and O–H groups in total. The summed E-state index contributed by atoms with van der Waals surface area (Å²) in [5.74, 6) is 1.45. The van der Waals surface area contributed by atoms with E-state index in [0.717, 1.165) is 37.9 Å². The average Bonchev–Trinajstić information content (AvgIpc) is 2.95. The van der Waals surface area contributed by atoms with Crippen molar-refractivity contribution < 1.29 is 9.00 Å². The minimum atomic E-state index is -1.10. The molecule has 1 fully saturated rings. The molecular weight excluding hydrogens is 294 g/mol. The number of benzene rings is 1. The molecule has 1 amide bonds. The van der Waals surface area contributed by atoms with E-state index in [0.29, 0.717) is 11.7 Å². The molecule has 0 aromatic heterocycles. The van der Waals surface area contributed by atoms with Gasteiger partial charge in [0, 0.05) is 29.6 Å². The van der Waals surface area contributed by atoms with Gasteiger partial charge in [-0.2, -0.15) is 0 Å². The number of hydrogen-bond donors (Lipinski definition) is 0. The maximum absolute atomic E-state index is 12.3. The lowest BCUT2D eigenvalue weighted by Crippen LogP contribution is -2.40. The van der Waals surface area contributed by atoms with Crippen molar-refractivity contribution in [1.29, 1.82) is 0 Å². The van der Waals surface area contributed by atoms with Crippen LogP contribution < -0.4 is 0 Å². The van der Waals surface area contributed by atoms with Crippen LogP contribution in [0.4, 0.5) is 0 Å². The van der Waals surface area contributed by atoms with Crippen LogP contribution in [0, 0.1) is 5.92 Å². The van der Waals surface area contributed by atoms with Gasteiger partial charge in [0.1, 0.15) is 5.75 Å². The van der Waals surface area contributed by atoms with Crippen LogP contribution in [0.25, 0.3) is 0 Å². The van der Waals surface area contributed by atoms with Gasteiger partial charge in [0.25, 0.3) is 0 Å². The first-order valence-electron chi connectivity index (χ1n) is 8.35. The van der Waals surface area contributed by atoms with Gasteiger partial charge in [-0.15, -0.1) is 0 Å². The second-order valence-corrected chi connectivity index (χ2v) is 8.21. The Bertz CT molecular complexity index is 576. The van der Waals surface area contributed by atoms with E-state index in [1.54, 1.807) is 0 Å². The van der Waals surface area contributed by atoms with Crippen molar-refractivity contribution in [2.24, 2.45) is 5.92 Å². The van der Waals surface area contributed by atoms with E-state index in [2.05, 4.69) is 25.1 Å². The van der Waals surface area contributed by atoms with Crippen LogP contribution in [0.15, 0.2) is 18.2 Å². The highest BCUT2D eigenvalue weighted by atomic mass is 32.2. The number of likely N-dealkylation sites (tertiary alicyclic amines) is 1. The largest absolute Gasteiger partial charge is 0.342 e. The summed E-state index contributed by atoms with van der Waals surface area (Å²) in [5.41, 5.74) is 3.96. The molecule has 120 valence electrons. The van der Waals surface area contributed by atoms with Crippen LogP contribution in [0.1, 0.15) is 42.9 Å². The zero-order chi connectivity index (χ0) is 15.5. The van der Waals surface area contributed by atoms with Crippen LogP contribution in [0.5, 0.6) is 0 Å². The zero-order valence-electron chi connectivity index (χ0n) is 13.3. The third kappa shape index (κ3) is 3.78. The van der Waals surface area contributed by atoms with Gasteiger partial charge in [-0.25, -0.2) is 0 Å². The van der Waals surface area contributed by atoms with Gasteiger partial charge in [0.05, 0.1) is 0 Å². The van der Waals surface area contributed by atoms with Crippen molar-refractivity contribution >= 4 is 16.7 Å². The SMILES string of the molecule is CC1CCN(C(=O)C[S@](=O)Cc2ccc3c(c2)CCC3)CC1. The third-order valence-corrected chi connectivity index (χ3v) is 6.14. The van der Waals surface area contributed by atoms with Crippen LogP contribution in [-0.2, 0) is 34.2 Å². The van der Waals surface area contributed by atoms with E-state index >= 15 is 0 Å². The predicted octanol–water partition coefficient (Wildman–Crippen LogP) is 2.68. The Morgan fingerprint density at radius 2 is 1.95 bits per heavy atom. The maximum Gasteiger partial charge on any atom is 0.235 e. The lowest BCUT2D eigenvalue weighted by Gasteiger charge is -2.30. The molecule has 22 heavy (non-hydrogen) atoms. The lowest BCUT2D eigenvalue weighted by molar-refractivity contribution is -0.129. The molecule has 3 nitrogen and oxygen atoms in total. The maximum atomic E-state index is 12.3. The van der Waals surface area contributed by atoms with Gasteiger partial charge in [-0.05, 0) is 54.7 Å². The topological polar surface area (TPSA) is 37.4 Å². The highest BCUT2D eigenvalue weighted by Gasteiger charge is 2.22. The number of carbonyl (C=O) groups is 1. The first kappa shape index (κ1) is 15.7. The molecule has 0 saturated carbocycles. The molecule has 0 spiro atoms. The lowest BCUT2D eigenvalue weighted by atomic mass is 9.99. The smallest absolute Gasteiger partial charge is 0.235 e. The first-order valence-corrected chi connectivity index (χ1v) is 9.84. The number of fused-ring (bicyclic) bond motifs is 1. The summed E-state index contributed by atoms with van der Waals surface area (Å²) in [6, 6.07) is 6.44. The van der Waals surface area contributed by atoms with E-state index in [9.17, 15) is 9.00 Å². The molecule has 1 heterocycles. The van der Waals surface area contributed by atoms with Crippen molar-refractivity contribution in [2.75, 3.05) is 18.8 Å². The van der Waals surface area contributed by atoms with Crippen LogP contribution in [0.2, 0.25) is 0 Å². The van der Waals surface area contributed by atoms with Gasteiger partial charge in [-0.3, -0.25) is 9.00 Å². The molecule has 1 aromatic carbocycles. The summed E-state index contributed by atoms with van der Waals surface area (Å²) in [6.45, 7) is 3.89. The normalized spacial score (nSPS) is 20.0. The molecule has 0 unspecified atom stereocenters. The molecule has 1 aromatic rings. The highest BCUT2D eigenvalue weighted by Crippen LogP contribution is 2.23. The highest BCUT2D eigenvalue weighted by molar-refractivity contribution is 7.84. The van der Waals surface area contributed by atoms with E-state index in [1.807, 2.05) is 4.90 Å². The Labute approximate surface area is 135 Å². The third-order valence-electron chi connectivity index (χ3n) is 4.91. The van der Waals surface area contributed by atoms with Gasteiger partial charge in [0.2, 0.25) is 5.91 Å². The van der Waals surface area contributed by atoms with E-state index in [-0.39, 0.29) is 11.7 Å². The first-order chi connectivity index (χ1) is 10.6. The number of rotatable bonds is 4. The second-order valence-electron chi connectivity index (χ2n) is 6.75. The monoisotopic (exact) mass is 319 g/mol. The summed E-state index contributed by atoms with van der Waals surface area (Å²) in [4.78, 5) is 14.1. The molecule has 2 aliphatic rings. The minimum absolute atomic E-state index is 0.0615. The number of hydrogen-bond acceptors (Lipinski definition) is 2. The van der Waals surface area contributed by atoms with Crippen molar-refractivity contribution in [3.63, 3.8) is 0 Å². The molecule has 3 rings (SSSR count). The van der Waals surface area contributed by atoms with Crippen molar-refractivity contribution in [3.05, 3.63) is 34.9 Å². The van der Waals surface area contributed by atoms with Crippen molar-refractivity contribution in [1.82, 2.24) is 4.90 Å². The number of carbonyl (C=O) groups excluding carboxylic acids is 1. The van der Waals surface area contributed by atoms with Crippen LogP contribution >= 0.6 is 0 Å². The molecule has 1 saturated heterocycles. The van der Waals surface area contributed by atoms with Gasteiger partial charge < -0.3 is 4.90 Å². The Hall–Kier alpha value is -1.16. The standard InChI is InChI=1S/C18H25NO2S/c1-14-7-9-19(10-8-14)18(20)13-22(21)12-15-5-6-16-3-2-4-17(16)11-15/h5-6,11,14H,2-4,7-10,12-13H2,1H3/t22-/m1/s1. The van der Waals surface area contributed by atoms with Crippen molar-refractivity contribution in [2.45, 2.75) is 44.8 Å². The summed E-state index contributed by atoms with van der Waals surface area (Å²) in [6.07, 6.45) is 5.69. The Morgan fingerprint density at radius 3 is 2.73 bits per heavy atom. The van der Waals surface area contributed by atoms with Crippen LogP contribution in [-0.4, -0.2) is 33.9 Å². The molecule has 0 bridgehead atoms.